The molecule has 0 saturated carbocycles. The fourth-order valence-electron chi connectivity index (χ4n) is 1.42. The highest BCUT2D eigenvalue weighted by Gasteiger charge is 2.07. The first-order valence-corrected chi connectivity index (χ1v) is 6.18. The first-order chi connectivity index (χ1) is 7.71. The Labute approximate surface area is 105 Å². The lowest BCUT2D eigenvalue weighted by Gasteiger charge is -2.19. The normalized spacial score (nSPS) is 12.2. The summed E-state index contributed by atoms with van der Waals surface area (Å²) in [5.74, 6) is 0. The molecule has 1 rings (SSSR count). The fourth-order valence-corrected chi connectivity index (χ4v) is 1.80. The van der Waals surface area contributed by atoms with Crippen LogP contribution in [0.4, 0.5) is 5.69 Å². The third kappa shape index (κ3) is 3.61. The summed E-state index contributed by atoms with van der Waals surface area (Å²) < 4.78 is 6.50. The number of anilines is 1. The van der Waals surface area contributed by atoms with Crippen molar-refractivity contribution in [3.05, 3.63) is 28.2 Å². The van der Waals surface area contributed by atoms with Gasteiger partial charge in [-0.05, 0) is 31.5 Å². The van der Waals surface area contributed by atoms with Crippen molar-refractivity contribution in [1.29, 1.82) is 5.41 Å². The number of ether oxygens (including phenoxy) is 1. The molecule has 0 amide bonds. The van der Waals surface area contributed by atoms with Gasteiger partial charge in [-0.3, -0.25) is 0 Å². The molecule has 1 atom stereocenters. The molecule has 2 N–H and O–H groups in total. The minimum Gasteiger partial charge on any atom is -0.360 e. The summed E-state index contributed by atoms with van der Waals surface area (Å²) in [6, 6.07) is 5.81. The Balaban J connectivity index is 2.82. The fraction of sp³-hybridized carbons (Fsp3) is 0.417. The standard InChI is InChI=1S/C12H17BrN2O/c1-3-12(16-4-2)15-11-6-5-10(13)7-9(11)8-14/h5-8,12,14-15H,3-4H2,1-2H3. The van der Waals surface area contributed by atoms with Crippen LogP contribution >= 0.6 is 15.9 Å². The highest BCUT2D eigenvalue weighted by atomic mass is 79.9. The van der Waals surface area contributed by atoms with Crippen LogP contribution in [0.1, 0.15) is 25.8 Å². The van der Waals surface area contributed by atoms with Gasteiger partial charge in [-0.25, -0.2) is 0 Å². The zero-order chi connectivity index (χ0) is 12.0. The summed E-state index contributed by atoms with van der Waals surface area (Å²) in [5, 5.41) is 10.6. The molecule has 0 heterocycles. The molecule has 3 nitrogen and oxygen atoms in total. The molecular formula is C12H17BrN2O. The maximum atomic E-state index is 7.36. The Morgan fingerprint density at radius 3 is 2.81 bits per heavy atom. The second-order valence-electron chi connectivity index (χ2n) is 3.37. The van der Waals surface area contributed by atoms with Crippen molar-refractivity contribution in [1.82, 2.24) is 0 Å². The smallest absolute Gasteiger partial charge is 0.127 e. The van der Waals surface area contributed by atoms with Gasteiger partial charge < -0.3 is 15.5 Å². The van der Waals surface area contributed by atoms with Gasteiger partial charge in [0.25, 0.3) is 0 Å². The van der Waals surface area contributed by atoms with Crippen LogP contribution in [0, 0.1) is 5.41 Å². The van der Waals surface area contributed by atoms with E-state index in [0.717, 1.165) is 22.1 Å². The first-order valence-electron chi connectivity index (χ1n) is 5.39. The van der Waals surface area contributed by atoms with Crippen LogP contribution in [0.15, 0.2) is 22.7 Å². The molecule has 16 heavy (non-hydrogen) atoms. The summed E-state index contributed by atoms with van der Waals surface area (Å²) >= 11 is 3.39. The van der Waals surface area contributed by atoms with Crippen LogP contribution in [0.2, 0.25) is 0 Å². The van der Waals surface area contributed by atoms with Gasteiger partial charge in [-0.15, -0.1) is 0 Å². The van der Waals surface area contributed by atoms with Crippen molar-refractivity contribution in [3.63, 3.8) is 0 Å². The number of hydrogen-bond donors (Lipinski definition) is 2. The van der Waals surface area contributed by atoms with E-state index in [1.165, 1.54) is 6.21 Å². The average Bonchev–Trinajstić information content (AvgIpc) is 2.30. The quantitative estimate of drug-likeness (QED) is 0.619. The van der Waals surface area contributed by atoms with Crippen molar-refractivity contribution in [2.24, 2.45) is 0 Å². The van der Waals surface area contributed by atoms with E-state index in [0.29, 0.717) is 6.61 Å². The number of rotatable bonds is 6. The van der Waals surface area contributed by atoms with Gasteiger partial charge in [0, 0.05) is 28.5 Å². The molecule has 1 aromatic rings. The number of hydrogen-bond acceptors (Lipinski definition) is 3. The second-order valence-corrected chi connectivity index (χ2v) is 4.29. The second kappa shape index (κ2) is 6.66. The Morgan fingerprint density at radius 1 is 1.50 bits per heavy atom. The lowest BCUT2D eigenvalue weighted by molar-refractivity contribution is 0.0803. The van der Waals surface area contributed by atoms with Crippen LogP contribution in [-0.2, 0) is 4.74 Å². The predicted octanol–water partition coefficient (Wildman–Crippen LogP) is 3.63. The average molecular weight is 285 g/mol. The van der Waals surface area contributed by atoms with Crippen molar-refractivity contribution in [3.8, 4) is 0 Å². The monoisotopic (exact) mass is 284 g/mol. The molecule has 0 saturated heterocycles. The van der Waals surface area contributed by atoms with Crippen LogP contribution < -0.4 is 5.32 Å². The van der Waals surface area contributed by atoms with Gasteiger partial charge in [0.2, 0.25) is 0 Å². The van der Waals surface area contributed by atoms with Crippen molar-refractivity contribution in [2.75, 3.05) is 11.9 Å². The molecule has 4 heteroatoms. The highest BCUT2D eigenvalue weighted by molar-refractivity contribution is 9.10. The van der Waals surface area contributed by atoms with Gasteiger partial charge in [0.05, 0.1) is 0 Å². The number of nitrogens with one attached hydrogen (secondary N) is 2. The molecule has 0 fully saturated rings. The Bertz CT molecular complexity index is 355. The van der Waals surface area contributed by atoms with Crippen LogP contribution in [0.3, 0.4) is 0 Å². The summed E-state index contributed by atoms with van der Waals surface area (Å²) in [6.45, 7) is 4.72. The Kier molecular flexibility index (Phi) is 5.49. The maximum Gasteiger partial charge on any atom is 0.127 e. The van der Waals surface area contributed by atoms with E-state index in [9.17, 15) is 0 Å². The van der Waals surface area contributed by atoms with E-state index in [4.69, 9.17) is 10.1 Å². The van der Waals surface area contributed by atoms with Crippen molar-refractivity contribution >= 4 is 27.8 Å². The van der Waals surface area contributed by atoms with Gasteiger partial charge in [0.15, 0.2) is 0 Å². The van der Waals surface area contributed by atoms with Crippen LogP contribution in [0.5, 0.6) is 0 Å². The third-order valence-corrected chi connectivity index (χ3v) is 2.72. The van der Waals surface area contributed by atoms with Gasteiger partial charge in [-0.2, -0.15) is 0 Å². The molecule has 0 aliphatic rings. The molecule has 0 aliphatic heterocycles. The predicted molar refractivity (Wildman–Crippen MR) is 71.4 cm³/mol. The molecule has 0 aromatic heterocycles. The molecule has 0 spiro atoms. The van der Waals surface area contributed by atoms with Gasteiger partial charge in [-0.1, -0.05) is 22.9 Å². The van der Waals surface area contributed by atoms with Gasteiger partial charge >= 0.3 is 0 Å². The molecule has 0 bridgehead atoms. The van der Waals surface area contributed by atoms with E-state index >= 15 is 0 Å². The lowest BCUT2D eigenvalue weighted by atomic mass is 10.2. The Hall–Kier alpha value is -0.870. The molecular weight excluding hydrogens is 268 g/mol. The Morgan fingerprint density at radius 2 is 2.25 bits per heavy atom. The van der Waals surface area contributed by atoms with Crippen LogP contribution in [-0.4, -0.2) is 19.0 Å². The molecule has 88 valence electrons. The largest absolute Gasteiger partial charge is 0.360 e. The van der Waals surface area contributed by atoms with Gasteiger partial charge in [0.1, 0.15) is 6.23 Å². The molecule has 0 aliphatic carbocycles. The number of halogens is 1. The van der Waals surface area contributed by atoms with E-state index < -0.39 is 0 Å². The highest BCUT2D eigenvalue weighted by Crippen LogP contribution is 2.20. The van der Waals surface area contributed by atoms with E-state index in [1.807, 2.05) is 25.1 Å². The van der Waals surface area contributed by atoms with Crippen molar-refractivity contribution in [2.45, 2.75) is 26.5 Å². The molecule has 0 radical (unpaired) electrons. The SMILES string of the molecule is CCOC(CC)Nc1ccc(Br)cc1C=N. The molecule has 1 aromatic carbocycles. The zero-order valence-electron chi connectivity index (χ0n) is 9.59. The van der Waals surface area contributed by atoms with Crippen LogP contribution in [0.25, 0.3) is 0 Å². The maximum absolute atomic E-state index is 7.36. The lowest BCUT2D eigenvalue weighted by Crippen LogP contribution is -2.22. The minimum atomic E-state index is 0.00451. The minimum absolute atomic E-state index is 0.00451. The van der Waals surface area contributed by atoms with Crippen molar-refractivity contribution < 1.29 is 4.74 Å². The zero-order valence-corrected chi connectivity index (χ0v) is 11.2. The van der Waals surface area contributed by atoms with E-state index in [2.05, 4.69) is 28.2 Å². The first kappa shape index (κ1) is 13.2. The molecule has 1 unspecified atom stereocenters. The third-order valence-electron chi connectivity index (χ3n) is 2.22. The topological polar surface area (TPSA) is 45.1 Å². The number of benzene rings is 1. The summed E-state index contributed by atoms with van der Waals surface area (Å²) in [7, 11) is 0. The summed E-state index contributed by atoms with van der Waals surface area (Å²) in [5.41, 5.74) is 1.78. The van der Waals surface area contributed by atoms with E-state index in [1.54, 1.807) is 0 Å². The van der Waals surface area contributed by atoms with E-state index in [-0.39, 0.29) is 6.23 Å². The summed E-state index contributed by atoms with van der Waals surface area (Å²) in [6.07, 6.45) is 2.23. The summed E-state index contributed by atoms with van der Waals surface area (Å²) in [4.78, 5) is 0.